The molecule has 0 saturated carbocycles. The van der Waals surface area contributed by atoms with Crippen molar-refractivity contribution in [2.24, 2.45) is 0 Å². The first-order valence-electron chi connectivity index (χ1n) is 14.4. The van der Waals surface area contributed by atoms with Gasteiger partial charge in [-0.2, -0.15) is 0 Å². The number of nitrogens with zero attached hydrogens (tertiary/aromatic N) is 2. The number of rotatable bonds is 10. The Labute approximate surface area is 241 Å². The molecule has 0 bridgehead atoms. The van der Waals surface area contributed by atoms with Gasteiger partial charge in [0, 0.05) is 35.8 Å². The Morgan fingerprint density at radius 1 is 0.976 bits per heavy atom. The summed E-state index contributed by atoms with van der Waals surface area (Å²) in [6.45, 7) is 3.78. The van der Waals surface area contributed by atoms with E-state index in [4.69, 9.17) is 14.5 Å². The highest BCUT2D eigenvalue weighted by atomic mass is 16.5. The highest BCUT2D eigenvalue weighted by Gasteiger charge is 2.21. The number of fused-ring (bicyclic) bond motifs is 2. The largest absolute Gasteiger partial charge is 0.493 e. The number of aromatic nitrogens is 2. The van der Waals surface area contributed by atoms with Crippen LogP contribution >= 0.6 is 0 Å². The van der Waals surface area contributed by atoms with Crippen LogP contribution in [0, 0.1) is 0 Å². The molecule has 0 amide bonds. The maximum absolute atomic E-state index is 12.7. The average Bonchev–Trinajstić information content (AvgIpc) is 3.43. The van der Waals surface area contributed by atoms with E-state index in [-0.39, 0.29) is 18.4 Å². The Bertz CT molecular complexity index is 1630. The second kappa shape index (κ2) is 12.3. The van der Waals surface area contributed by atoms with E-state index in [1.54, 1.807) is 0 Å². The Morgan fingerprint density at radius 3 is 2.63 bits per heavy atom. The predicted molar refractivity (Wildman–Crippen MR) is 163 cm³/mol. The summed E-state index contributed by atoms with van der Waals surface area (Å²) >= 11 is 0. The van der Waals surface area contributed by atoms with E-state index in [1.807, 2.05) is 31.2 Å². The Hall–Kier alpha value is -4.58. The number of esters is 1. The fraction of sp³-hybridized carbons (Fsp3) is 0.257. The minimum atomic E-state index is -0.210. The Morgan fingerprint density at radius 2 is 1.80 bits per heavy atom. The van der Waals surface area contributed by atoms with E-state index < -0.39 is 0 Å². The molecule has 208 valence electrons. The van der Waals surface area contributed by atoms with E-state index in [0.29, 0.717) is 13.2 Å². The van der Waals surface area contributed by atoms with Crippen molar-refractivity contribution in [3.63, 3.8) is 0 Å². The fourth-order valence-electron chi connectivity index (χ4n) is 5.58. The van der Waals surface area contributed by atoms with Crippen LogP contribution < -0.4 is 10.1 Å². The number of nitrogens with one attached hydrogen (secondary N) is 1. The molecule has 1 N–H and O–H groups in total. The third kappa shape index (κ3) is 6.12. The molecule has 3 aromatic carbocycles. The molecular formula is C35H35N3O3. The Kier molecular flexibility index (Phi) is 7.99. The van der Waals surface area contributed by atoms with Gasteiger partial charge in [-0.25, -0.2) is 0 Å². The number of aryl methyl sites for hydroxylation is 1. The summed E-state index contributed by atoms with van der Waals surface area (Å²) in [5.74, 6) is 0.613. The second-order valence-corrected chi connectivity index (χ2v) is 10.4. The summed E-state index contributed by atoms with van der Waals surface area (Å²) in [4.78, 5) is 17.5. The molecule has 6 rings (SSSR count). The lowest BCUT2D eigenvalue weighted by Crippen LogP contribution is -2.16. The molecule has 1 aliphatic rings. The van der Waals surface area contributed by atoms with Gasteiger partial charge in [-0.15, -0.1) is 0 Å². The minimum absolute atomic E-state index is 0.187. The van der Waals surface area contributed by atoms with Gasteiger partial charge in [0.2, 0.25) is 0 Å². The van der Waals surface area contributed by atoms with E-state index in [1.165, 1.54) is 5.56 Å². The summed E-state index contributed by atoms with van der Waals surface area (Å²) < 4.78 is 13.6. The zero-order chi connectivity index (χ0) is 28.0. The van der Waals surface area contributed by atoms with Crippen LogP contribution in [-0.4, -0.2) is 35.3 Å². The first-order valence-corrected chi connectivity index (χ1v) is 14.4. The van der Waals surface area contributed by atoms with Gasteiger partial charge >= 0.3 is 5.97 Å². The average molecular weight is 546 g/mol. The molecule has 6 nitrogen and oxygen atoms in total. The van der Waals surface area contributed by atoms with Crippen molar-refractivity contribution in [1.29, 1.82) is 0 Å². The lowest BCUT2D eigenvalue weighted by Gasteiger charge is -2.21. The first-order chi connectivity index (χ1) is 20.2. The normalized spacial score (nSPS) is 13.3. The van der Waals surface area contributed by atoms with Crippen LogP contribution in [0.1, 0.15) is 42.8 Å². The number of hydrogen-bond donors (Lipinski definition) is 1. The van der Waals surface area contributed by atoms with Gasteiger partial charge < -0.3 is 19.4 Å². The molecular weight excluding hydrogens is 510 g/mol. The summed E-state index contributed by atoms with van der Waals surface area (Å²) in [5, 5.41) is 4.48. The summed E-state index contributed by atoms with van der Waals surface area (Å²) in [7, 11) is 0. The van der Waals surface area contributed by atoms with Crippen LogP contribution in [0.25, 0.3) is 22.0 Å². The van der Waals surface area contributed by atoms with Crippen LogP contribution in [0.15, 0.2) is 97.2 Å². The maximum atomic E-state index is 12.7. The standard InChI is InChI=1S/C35H35N3O3/c1-2-40-35(39)24-34(27-12-10-26(11-13-27)25-7-4-3-5-8-25)38-21-18-28-23-30(15-17-33(28)38)41-22-19-29-14-16-31-32(37-29)9-6-20-36-31/h3-5,7-8,10-18,21,23,34,36H,2,6,9,19-20,22,24H2,1H3. The third-order valence-corrected chi connectivity index (χ3v) is 7.66. The topological polar surface area (TPSA) is 65.4 Å². The Balaban J connectivity index is 1.19. The van der Waals surface area contributed by atoms with E-state index in [2.05, 4.69) is 82.8 Å². The number of benzene rings is 3. The smallest absolute Gasteiger partial charge is 0.308 e. The molecule has 0 radical (unpaired) electrons. The van der Waals surface area contributed by atoms with Gasteiger partial charge in [0.1, 0.15) is 5.75 Å². The highest BCUT2D eigenvalue weighted by Crippen LogP contribution is 2.32. The number of anilines is 1. The molecule has 41 heavy (non-hydrogen) atoms. The number of carbonyl (C=O) groups excluding carboxylic acids is 1. The van der Waals surface area contributed by atoms with Crippen molar-refractivity contribution in [2.45, 2.75) is 38.6 Å². The summed E-state index contributed by atoms with van der Waals surface area (Å²) in [6.07, 6.45) is 5.21. The van der Waals surface area contributed by atoms with Crippen molar-refractivity contribution >= 4 is 22.6 Å². The van der Waals surface area contributed by atoms with Crippen molar-refractivity contribution < 1.29 is 14.3 Å². The van der Waals surface area contributed by atoms with E-state index in [0.717, 1.165) is 70.7 Å². The van der Waals surface area contributed by atoms with Crippen molar-refractivity contribution in [3.8, 4) is 16.9 Å². The van der Waals surface area contributed by atoms with Gasteiger partial charge in [0.05, 0.1) is 37.1 Å². The summed E-state index contributed by atoms with van der Waals surface area (Å²) in [5.41, 5.74) is 7.78. The molecule has 3 heterocycles. The molecule has 1 unspecified atom stereocenters. The van der Waals surface area contributed by atoms with Crippen LogP contribution in [0.4, 0.5) is 5.69 Å². The zero-order valence-electron chi connectivity index (χ0n) is 23.4. The highest BCUT2D eigenvalue weighted by molar-refractivity contribution is 5.82. The summed E-state index contributed by atoms with van der Waals surface area (Å²) in [6, 6.07) is 31.0. The molecule has 6 heteroatoms. The molecule has 0 saturated heterocycles. The fourth-order valence-corrected chi connectivity index (χ4v) is 5.58. The van der Waals surface area contributed by atoms with Gasteiger partial charge in [-0.3, -0.25) is 9.78 Å². The first kappa shape index (κ1) is 26.6. The second-order valence-electron chi connectivity index (χ2n) is 10.4. The number of ether oxygens (including phenoxy) is 2. The molecule has 1 atom stereocenters. The van der Waals surface area contributed by atoms with Gasteiger partial charge in [0.15, 0.2) is 0 Å². The van der Waals surface area contributed by atoms with Crippen molar-refractivity contribution in [3.05, 3.63) is 114 Å². The quantitative estimate of drug-likeness (QED) is 0.188. The van der Waals surface area contributed by atoms with Crippen LogP contribution in [-0.2, 0) is 22.4 Å². The van der Waals surface area contributed by atoms with E-state index in [9.17, 15) is 4.79 Å². The molecule has 2 aromatic heterocycles. The maximum Gasteiger partial charge on any atom is 0.308 e. The van der Waals surface area contributed by atoms with Gasteiger partial charge in [-0.05, 0) is 72.9 Å². The molecule has 5 aromatic rings. The predicted octanol–water partition coefficient (Wildman–Crippen LogP) is 7.23. The number of carbonyl (C=O) groups is 1. The number of hydrogen-bond acceptors (Lipinski definition) is 5. The lowest BCUT2D eigenvalue weighted by atomic mass is 9.99. The molecule has 0 fully saturated rings. The monoisotopic (exact) mass is 545 g/mol. The van der Waals surface area contributed by atoms with E-state index >= 15 is 0 Å². The van der Waals surface area contributed by atoms with Crippen molar-refractivity contribution in [2.75, 3.05) is 25.1 Å². The van der Waals surface area contributed by atoms with Crippen LogP contribution in [0.2, 0.25) is 0 Å². The van der Waals surface area contributed by atoms with Gasteiger partial charge in [0.25, 0.3) is 0 Å². The van der Waals surface area contributed by atoms with Crippen molar-refractivity contribution in [1.82, 2.24) is 9.55 Å². The molecule has 0 spiro atoms. The minimum Gasteiger partial charge on any atom is -0.493 e. The van der Waals surface area contributed by atoms with Crippen LogP contribution in [0.3, 0.4) is 0 Å². The molecule has 0 aliphatic carbocycles. The van der Waals surface area contributed by atoms with Crippen LogP contribution in [0.5, 0.6) is 5.75 Å². The number of pyridine rings is 1. The van der Waals surface area contributed by atoms with Gasteiger partial charge in [-0.1, -0.05) is 54.6 Å². The lowest BCUT2D eigenvalue weighted by molar-refractivity contribution is -0.143. The molecule has 1 aliphatic heterocycles. The zero-order valence-corrected chi connectivity index (χ0v) is 23.4. The third-order valence-electron chi connectivity index (χ3n) is 7.66. The SMILES string of the molecule is CCOC(=O)CC(c1ccc(-c2ccccc2)cc1)n1ccc2cc(OCCc3ccc4c(n3)CCCN4)ccc21.